The summed E-state index contributed by atoms with van der Waals surface area (Å²) < 4.78 is 41.4. The van der Waals surface area contributed by atoms with Crippen LogP contribution < -0.4 is 0 Å². The summed E-state index contributed by atoms with van der Waals surface area (Å²) >= 11 is 0. The first-order chi connectivity index (χ1) is 17.5. The Kier molecular flexibility index (Phi) is 6.31. The number of pyridine rings is 1. The van der Waals surface area contributed by atoms with Crippen molar-refractivity contribution in [3.63, 3.8) is 0 Å². The lowest BCUT2D eigenvalue weighted by molar-refractivity contribution is -0.279. The van der Waals surface area contributed by atoms with Crippen LogP contribution in [0.3, 0.4) is 0 Å². The van der Waals surface area contributed by atoms with Crippen molar-refractivity contribution in [1.82, 2.24) is 4.98 Å². The van der Waals surface area contributed by atoms with E-state index in [1.807, 2.05) is 43.3 Å². The van der Waals surface area contributed by atoms with E-state index in [0.29, 0.717) is 23.1 Å². The fourth-order valence-electron chi connectivity index (χ4n) is 6.20. The van der Waals surface area contributed by atoms with Crippen molar-refractivity contribution in [1.29, 1.82) is 0 Å². The molecular weight excluding hydrogens is 479 g/mol. The van der Waals surface area contributed by atoms with Gasteiger partial charge in [0, 0.05) is 41.3 Å². The molecule has 1 fully saturated rings. The van der Waals surface area contributed by atoms with Gasteiger partial charge in [-0.3, -0.25) is 14.6 Å². The molecule has 7 heteroatoms. The van der Waals surface area contributed by atoms with Gasteiger partial charge in [-0.2, -0.15) is 13.2 Å². The Labute approximate surface area is 213 Å². The minimum Gasteiger partial charge on any atom is -0.380 e. The summed E-state index contributed by atoms with van der Waals surface area (Å²) in [5.41, 5.74) is 0.430. The largest absolute Gasteiger partial charge is 0.417 e. The summed E-state index contributed by atoms with van der Waals surface area (Å²) in [4.78, 5) is 30.6. The second-order valence-corrected chi connectivity index (χ2v) is 10.5. The van der Waals surface area contributed by atoms with E-state index in [1.54, 1.807) is 30.5 Å². The van der Waals surface area contributed by atoms with E-state index in [0.717, 1.165) is 16.8 Å². The van der Waals surface area contributed by atoms with E-state index in [4.69, 9.17) is 0 Å². The summed E-state index contributed by atoms with van der Waals surface area (Å²) in [6.45, 7) is 1.83. The van der Waals surface area contributed by atoms with Crippen molar-refractivity contribution < 1.29 is 27.9 Å². The number of aromatic nitrogens is 1. The van der Waals surface area contributed by atoms with Crippen LogP contribution in [-0.2, 0) is 18.3 Å². The number of aryl methyl sites for hydroxylation is 1. The average Bonchev–Trinajstić information content (AvgIpc) is 2.86. The van der Waals surface area contributed by atoms with E-state index < -0.39 is 36.0 Å². The Balaban J connectivity index is 1.55. The number of alkyl halides is 3. The molecule has 0 aliphatic heterocycles. The van der Waals surface area contributed by atoms with Crippen molar-refractivity contribution in [3.05, 3.63) is 100 Å². The first-order valence-corrected chi connectivity index (χ1v) is 12.5. The van der Waals surface area contributed by atoms with E-state index in [1.165, 1.54) is 0 Å². The summed E-state index contributed by atoms with van der Waals surface area (Å²) in [6.07, 6.45) is -3.48. The zero-order chi connectivity index (χ0) is 26.4. The summed E-state index contributed by atoms with van der Waals surface area (Å²) in [6, 6.07) is 18.2. The maximum atomic E-state index is 13.8. The standard InChI is InChI=1S/C30H28F3NO3/c1-19-21(8-5-13-34-19)15-26(35)22-9-10-25-24(14-22)27(36)16-23-18-29(37,30(31,32)33)12-11-28(23,25)17-20-6-3-2-4-7-20/h2-10,13-14,23,37H,11-12,15-18H2,1H3/t23-,28+,29-/m1/s1. The molecule has 3 aromatic rings. The van der Waals surface area contributed by atoms with Crippen LogP contribution in [0.15, 0.2) is 66.9 Å². The van der Waals surface area contributed by atoms with Gasteiger partial charge in [-0.25, -0.2) is 0 Å². The van der Waals surface area contributed by atoms with Crippen LogP contribution in [0.1, 0.15) is 68.8 Å². The number of hydrogen-bond donors (Lipinski definition) is 1. The van der Waals surface area contributed by atoms with E-state index in [-0.39, 0.29) is 30.8 Å². The second kappa shape index (κ2) is 9.21. The monoisotopic (exact) mass is 507 g/mol. The molecular formula is C30H28F3NO3. The van der Waals surface area contributed by atoms with Crippen molar-refractivity contribution in [2.75, 3.05) is 0 Å². The van der Waals surface area contributed by atoms with Gasteiger partial charge in [0.1, 0.15) is 0 Å². The Hall–Kier alpha value is -3.32. The molecule has 1 heterocycles. The van der Waals surface area contributed by atoms with Crippen LogP contribution in [0, 0.1) is 12.8 Å². The fourth-order valence-corrected chi connectivity index (χ4v) is 6.20. The Morgan fingerprint density at radius 1 is 1.08 bits per heavy atom. The van der Waals surface area contributed by atoms with Gasteiger partial charge >= 0.3 is 6.18 Å². The van der Waals surface area contributed by atoms with Gasteiger partial charge in [0.05, 0.1) is 0 Å². The molecule has 0 spiro atoms. The Morgan fingerprint density at radius 3 is 2.54 bits per heavy atom. The molecule has 0 amide bonds. The molecule has 37 heavy (non-hydrogen) atoms. The molecule has 0 saturated heterocycles. The highest BCUT2D eigenvalue weighted by Gasteiger charge is 2.62. The minimum atomic E-state index is -4.77. The van der Waals surface area contributed by atoms with Gasteiger partial charge < -0.3 is 5.11 Å². The Morgan fingerprint density at radius 2 is 1.84 bits per heavy atom. The molecule has 1 N–H and O–H groups in total. The molecule has 1 saturated carbocycles. The van der Waals surface area contributed by atoms with Crippen molar-refractivity contribution in [2.24, 2.45) is 5.92 Å². The van der Waals surface area contributed by atoms with E-state index >= 15 is 0 Å². The Bertz CT molecular complexity index is 1350. The number of Topliss-reactive ketones (excluding diaryl/α,β-unsaturated/α-hetero) is 2. The molecule has 4 nitrogen and oxygen atoms in total. The van der Waals surface area contributed by atoms with E-state index in [9.17, 15) is 27.9 Å². The van der Waals surface area contributed by atoms with E-state index in [2.05, 4.69) is 4.98 Å². The third kappa shape index (κ3) is 4.50. The fraction of sp³-hybridized carbons (Fsp3) is 0.367. The summed E-state index contributed by atoms with van der Waals surface area (Å²) in [5.74, 6) is -1.11. The molecule has 0 unspecified atom stereocenters. The average molecular weight is 508 g/mol. The number of fused-ring (bicyclic) bond motifs is 3. The van der Waals surface area contributed by atoms with Crippen molar-refractivity contribution in [3.8, 4) is 0 Å². The predicted octanol–water partition coefficient (Wildman–Crippen LogP) is 5.98. The van der Waals surface area contributed by atoms with Gasteiger partial charge in [0.2, 0.25) is 0 Å². The molecule has 0 radical (unpaired) electrons. The normalized spacial score (nSPS) is 25.3. The zero-order valence-electron chi connectivity index (χ0n) is 20.5. The molecule has 1 aromatic heterocycles. The van der Waals surface area contributed by atoms with Gasteiger partial charge in [-0.1, -0.05) is 48.5 Å². The smallest absolute Gasteiger partial charge is 0.380 e. The van der Waals surface area contributed by atoms with Crippen LogP contribution in [0.25, 0.3) is 0 Å². The first-order valence-electron chi connectivity index (χ1n) is 12.5. The second-order valence-electron chi connectivity index (χ2n) is 10.5. The number of hydrogen-bond acceptors (Lipinski definition) is 4. The number of benzene rings is 2. The van der Waals surface area contributed by atoms with Crippen molar-refractivity contribution >= 4 is 11.6 Å². The zero-order valence-corrected chi connectivity index (χ0v) is 20.5. The lowest BCUT2D eigenvalue weighted by Gasteiger charge is -2.53. The van der Waals surface area contributed by atoms with Crippen LogP contribution in [0.2, 0.25) is 0 Å². The molecule has 2 aliphatic rings. The first kappa shape index (κ1) is 25.3. The number of carbonyl (C=O) groups excluding carboxylic acids is 2. The highest BCUT2D eigenvalue weighted by atomic mass is 19.4. The lowest BCUT2D eigenvalue weighted by Crippen LogP contribution is -2.57. The summed E-state index contributed by atoms with van der Waals surface area (Å²) in [7, 11) is 0. The highest BCUT2D eigenvalue weighted by Crippen LogP contribution is 2.57. The summed E-state index contributed by atoms with van der Waals surface area (Å²) in [5, 5.41) is 10.6. The maximum absolute atomic E-state index is 13.8. The van der Waals surface area contributed by atoms with Gasteiger partial charge in [0.15, 0.2) is 17.2 Å². The molecule has 3 atom stereocenters. The third-order valence-electron chi connectivity index (χ3n) is 8.32. The third-order valence-corrected chi connectivity index (χ3v) is 8.32. The number of aliphatic hydroxyl groups is 1. The number of ketones is 2. The van der Waals surface area contributed by atoms with Gasteiger partial charge in [-0.05, 0) is 67.3 Å². The van der Waals surface area contributed by atoms with Gasteiger partial charge in [-0.15, -0.1) is 0 Å². The number of rotatable bonds is 5. The lowest BCUT2D eigenvalue weighted by atomic mass is 9.52. The molecule has 192 valence electrons. The van der Waals surface area contributed by atoms with Crippen LogP contribution >= 0.6 is 0 Å². The maximum Gasteiger partial charge on any atom is 0.417 e. The van der Waals surface area contributed by atoms with Gasteiger partial charge in [0.25, 0.3) is 0 Å². The molecule has 0 bridgehead atoms. The van der Waals surface area contributed by atoms with Crippen molar-refractivity contribution in [2.45, 2.75) is 62.6 Å². The quantitative estimate of drug-likeness (QED) is 0.432. The number of nitrogens with zero attached hydrogens (tertiary/aromatic N) is 1. The minimum absolute atomic E-state index is 0.0883. The molecule has 2 aliphatic carbocycles. The molecule has 5 rings (SSSR count). The number of halogens is 3. The SMILES string of the molecule is Cc1ncccc1CC(=O)c1ccc2c(c1)C(=O)C[C@@H]1C[C@@](O)(C(F)(F)F)CC[C@@]21Cc1ccccc1. The van der Waals surface area contributed by atoms with Crippen LogP contribution in [0.5, 0.6) is 0 Å². The highest BCUT2D eigenvalue weighted by molar-refractivity contribution is 6.04. The van der Waals surface area contributed by atoms with Crippen LogP contribution in [0.4, 0.5) is 13.2 Å². The molecule has 2 aromatic carbocycles. The topological polar surface area (TPSA) is 67.3 Å². The number of carbonyl (C=O) groups is 2. The predicted molar refractivity (Wildman–Crippen MR) is 133 cm³/mol. The van der Waals surface area contributed by atoms with Crippen LogP contribution in [-0.4, -0.2) is 33.4 Å².